The zero-order chi connectivity index (χ0) is 20.1. The van der Waals surface area contributed by atoms with Crippen LogP contribution in [0.15, 0.2) is 12.1 Å². The summed E-state index contributed by atoms with van der Waals surface area (Å²) in [5, 5.41) is 0. The van der Waals surface area contributed by atoms with E-state index in [1.54, 1.807) is 20.1 Å². The number of hydrogen-bond acceptors (Lipinski definition) is 4. The molecule has 4 rings (SSSR count). The van der Waals surface area contributed by atoms with Gasteiger partial charge in [0.15, 0.2) is 0 Å². The highest BCUT2D eigenvalue weighted by Gasteiger charge is 2.54. The van der Waals surface area contributed by atoms with E-state index in [1.807, 2.05) is 17.9 Å². The molecule has 5 heteroatoms. The van der Waals surface area contributed by atoms with E-state index in [1.165, 1.54) is 0 Å². The van der Waals surface area contributed by atoms with Gasteiger partial charge in [-0.25, -0.2) is 0 Å². The van der Waals surface area contributed by atoms with Gasteiger partial charge >= 0.3 is 0 Å². The number of nitrogens with zero attached hydrogens (tertiary/aromatic N) is 1. The van der Waals surface area contributed by atoms with Crippen LogP contribution in [-0.2, 0) is 14.4 Å². The summed E-state index contributed by atoms with van der Waals surface area (Å²) in [5.74, 6) is 5.86. The van der Waals surface area contributed by atoms with E-state index in [0.717, 1.165) is 24.0 Å². The Kier molecular flexibility index (Phi) is 4.53. The number of aryl methyl sites for hydroxylation is 1. The first-order valence-corrected chi connectivity index (χ1v) is 9.83. The molecule has 2 saturated carbocycles. The number of carbonyl (C=O) groups excluding carboxylic acids is 3. The molecule has 1 aliphatic heterocycles. The van der Waals surface area contributed by atoms with Crippen molar-refractivity contribution in [1.29, 1.82) is 0 Å². The SMILES string of the molecule is CC#Cc1cc(C)c(C2C(=O)CC3(CC2=O)CN(C(=O)C2CC2)C3)c(OC)c1. The molecule has 146 valence electrons. The molecule has 3 fully saturated rings. The average Bonchev–Trinajstić information content (AvgIpc) is 3.45. The van der Waals surface area contributed by atoms with Crippen LogP contribution >= 0.6 is 0 Å². The van der Waals surface area contributed by atoms with Crippen LogP contribution in [0.25, 0.3) is 0 Å². The van der Waals surface area contributed by atoms with Gasteiger partial charge in [-0.1, -0.05) is 5.92 Å². The number of carbonyl (C=O) groups is 3. The first-order valence-electron chi connectivity index (χ1n) is 9.83. The van der Waals surface area contributed by atoms with Crippen LogP contribution in [0.4, 0.5) is 0 Å². The van der Waals surface area contributed by atoms with Crippen LogP contribution < -0.4 is 4.74 Å². The molecule has 1 saturated heterocycles. The Morgan fingerprint density at radius 1 is 1.18 bits per heavy atom. The number of benzene rings is 1. The van der Waals surface area contributed by atoms with Crippen molar-refractivity contribution in [2.45, 2.75) is 45.4 Å². The Morgan fingerprint density at radius 3 is 2.36 bits per heavy atom. The number of Topliss-reactive ketones (excluding diaryl/α,β-unsaturated/α-hetero) is 2. The summed E-state index contributed by atoms with van der Waals surface area (Å²) in [6, 6.07) is 3.70. The Hall–Kier alpha value is -2.61. The smallest absolute Gasteiger partial charge is 0.225 e. The van der Waals surface area contributed by atoms with Crippen molar-refractivity contribution in [1.82, 2.24) is 4.90 Å². The van der Waals surface area contributed by atoms with Crippen molar-refractivity contribution in [3.8, 4) is 17.6 Å². The minimum Gasteiger partial charge on any atom is -0.496 e. The summed E-state index contributed by atoms with van der Waals surface area (Å²) in [7, 11) is 1.55. The lowest BCUT2D eigenvalue weighted by atomic mass is 9.63. The zero-order valence-electron chi connectivity index (χ0n) is 16.6. The van der Waals surface area contributed by atoms with Crippen LogP contribution in [-0.4, -0.2) is 42.6 Å². The third-order valence-electron chi connectivity index (χ3n) is 6.16. The fraction of sp³-hybridized carbons (Fsp3) is 0.522. The Labute approximate surface area is 165 Å². The molecule has 5 nitrogen and oxygen atoms in total. The molecule has 3 aliphatic rings. The lowest BCUT2D eigenvalue weighted by Gasteiger charge is -2.52. The highest BCUT2D eigenvalue weighted by Crippen LogP contribution is 2.48. The quantitative estimate of drug-likeness (QED) is 0.598. The molecule has 1 spiro atoms. The Morgan fingerprint density at radius 2 is 1.82 bits per heavy atom. The van der Waals surface area contributed by atoms with Crippen molar-refractivity contribution >= 4 is 17.5 Å². The molecule has 28 heavy (non-hydrogen) atoms. The fourth-order valence-electron chi connectivity index (χ4n) is 4.76. The maximum absolute atomic E-state index is 13.1. The lowest BCUT2D eigenvalue weighted by molar-refractivity contribution is -0.155. The van der Waals surface area contributed by atoms with E-state index in [0.29, 0.717) is 37.2 Å². The highest BCUT2D eigenvalue weighted by molar-refractivity contribution is 6.11. The number of amides is 1. The summed E-state index contributed by atoms with van der Waals surface area (Å²) in [6.07, 6.45) is 2.63. The maximum Gasteiger partial charge on any atom is 0.225 e. The fourth-order valence-corrected chi connectivity index (χ4v) is 4.76. The van der Waals surface area contributed by atoms with Gasteiger partial charge in [-0.3, -0.25) is 14.4 Å². The second-order valence-electron chi connectivity index (χ2n) is 8.47. The Bertz CT molecular complexity index is 906. The summed E-state index contributed by atoms with van der Waals surface area (Å²) in [4.78, 5) is 40.1. The van der Waals surface area contributed by atoms with E-state index >= 15 is 0 Å². The maximum atomic E-state index is 13.1. The normalized spacial score (nSPS) is 21.2. The number of methoxy groups -OCH3 is 1. The van der Waals surface area contributed by atoms with Gasteiger partial charge in [-0.05, 0) is 44.4 Å². The summed E-state index contributed by atoms with van der Waals surface area (Å²) < 4.78 is 5.51. The molecule has 1 heterocycles. The number of rotatable bonds is 3. The summed E-state index contributed by atoms with van der Waals surface area (Å²) in [6.45, 7) is 4.73. The lowest BCUT2D eigenvalue weighted by Crippen LogP contribution is -2.62. The molecule has 1 aromatic carbocycles. The molecular weight excluding hydrogens is 354 g/mol. The van der Waals surface area contributed by atoms with Crippen molar-refractivity contribution in [2.24, 2.45) is 11.3 Å². The van der Waals surface area contributed by atoms with Gasteiger partial charge in [-0.2, -0.15) is 0 Å². The average molecular weight is 379 g/mol. The van der Waals surface area contributed by atoms with E-state index in [-0.39, 0.29) is 28.8 Å². The minimum absolute atomic E-state index is 0.0644. The summed E-state index contributed by atoms with van der Waals surface area (Å²) in [5.41, 5.74) is 1.96. The number of hydrogen-bond donors (Lipinski definition) is 0. The van der Waals surface area contributed by atoms with Crippen LogP contribution in [0.5, 0.6) is 5.75 Å². The van der Waals surface area contributed by atoms with E-state index in [2.05, 4.69) is 11.8 Å². The second kappa shape index (κ2) is 6.77. The van der Waals surface area contributed by atoms with Crippen LogP contribution in [0.2, 0.25) is 0 Å². The Balaban J connectivity index is 1.56. The number of ketones is 2. The van der Waals surface area contributed by atoms with Gasteiger partial charge in [0.05, 0.1) is 7.11 Å². The largest absolute Gasteiger partial charge is 0.496 e. The van der Waals surface area contributed by atoms with Crippen molar-refractivity contribution in [3.05, 3.63) is 28.8 Å². The predicted octanol–water partition coefficient (Wildman–Crippen LogP) is 2.63. The molecule has 0 bridgehead atoms. The van der Waals surface area contributed by atoms with Gasteiger partial charge in [0.25, 0.3) is 0 Å². The molecule has 0 radical (unpaired) electrons. The third-order valence-corrected chi connectivity index (χ3v) is 6.16. The van der Waals surface area contributed by atoms with Crippen molar-refractivity contribution < 1.29 is 19.1 Å². The molecule has 1 aromatic rings. The standard InChI is InChI=1S/C23H25NO4/c1-4-5-15-8-14(2)20(19(9-15)28-3)21-17(25)10-23(11-18(21)26)12-24(13-23)22(27)16-6-7-16/h8-9,16,21H,6-7,10-13H2,1-3H3. The first kappa shape index (κ1) is 18.7. The molecule has 2 aliphatic carbocycles. The second-order valence-corrected chi connectivity index (χ2v) is 8.47. The minimum atomic E-state index is -0.780. The summed E-state index contributed by atoms with van der Waals surface area (Å²) >= 11 is 0. The van der Waals surface area contributed by atoms with Gasteiger partial charge in [0.1, 0.15) is 23.2 Å². The van der Waals surface area contributed by atoms with E-state index in [4.69, 9.17) is 4.74 Å². The van der Waals surface area contributed by atoms with Crippen LogP contribution in [0, 0.1) is 30.1 Å². The molecule has 0 unspecified atom stereocenters. The van der Waals surface area contributed by atoms with Crippen molar-refractivity contribution in [3.63, 3.8) is 0 Å². The molecule has 1 amide bonds. The molecule has 0 atom stereocenters. The molecule has 0 N–H and O–H groups in total. The highest BCUT2D eigenvalue weighted by atomic mass is 16.5. The first-order chi connectivity index (χ1) is 13.4. The van der Waals surface area contributed by atoms with E-state index in [9.17, 15) is 14.4 Å². The zero-order valence-corrected chi connectivity index (χ0v) is 16.6. The molecular formula is C23H25NO4. The monoisotopic (exact) mass is 379 g/mol. The van der Waals surface area contributed by atoms with Gasteiger partial charge < -0.3 is 9.64 Å². The molecule has 0 aromatic heterocycles. The number of ether oxygens (including phenoxy) is 1. The third kappa shape index (κ3) is 3.11. The van der Waals surface area contributed by atoms with E-state index < -0.39 is 5.92 Å². The predicted molar refractivity (Wildman–Crippen MR) is 104 cm³/mol. The van der Waals surface area contributed by atoms with Crippen molar-refractivity contribution in [2.75, 3.05) is 20.2 Å². The number of likely N-dealkylation sites (tertiary alicyclic amines) is 1. The van der Waals surface area contributed by atoms with Gasteiger partial charge in [-0.15, -0.1) is 5.92 Å². The topological polar surface area (TPSA) is 63.7 Å². The van der Waals surface area contributed by atoms with Crippen LogP contribution in [0.1, 0.15) is 55.2 Å². The van der Waals surface area contributed by atoms with Crippen LogP contribution in [0.3, 0.4) is 0 Å². The van der Waals surface area contributed by atoms with Gasteiger partial charge in [0.2, 0.25) is 5.91 Å². The van der Waals surface area contributed by atoms with Gasteiger partial charge in [0, 0.05) is 48.4 Å².